The van der Waals surface area contributed by atoms with Crippen LogP contribution in [-0.2, 0) is 31.2 Å². The van der Waals surface area contributed by atoms with E-state index >= 15 is 0 Å². The fourth-order valence-electron chi connectivity index (χ4n) is 0.0962. The Morgan fingerprint density at radius 1 is 0.818 bits per heavy atom. The molecule has 70 valence electrons. The van der Waals surface area contributed by atoms with Crippen LogP contribution in [0.2, 0.25) is 0 Å². The summed E-state index contributed by atoms with van der Waals surface area (Å²) in [5.74, 6) is 0. The van der Waals surface area contributed by atoms with Crippen LogP contribution >= 0.6 is 0 Å². The maximum atomic E-state index is 4.68. The van der Waals surface area contributed by atoms with Gasteiger partial charge < -0.3 is 59.1 Å². The van der Waals surface area contributed by atoms with Gasteiger partial charge in [0.2, 0.25) is 0 Å². The van der Waals surface area contributed by atoms with E-state index in [-0.39, 0.29) is 77.6 Å². The first-order chi connectivity index (χ1) is 2.81. The molecule has 0 saturated heterocycles. The van der Waals surface area contributed by atoms with Crippen LogP contribution in [0.4, 0.5) is 0 Å². The summed E-state index contributed by atoms with van der Waals surface area (Å²) in [5, 5.41) is 0. The molecule has 0 spiro atoms. The van der Waals surface area contributed by atoms with Crippen molar-refractivity contribution in [2.24, 2.45) is 0 Å². The fraction of sp³-hybridized carbons (Fsp3) is 1.00. The topological polar surface area (TPSA) is 18.5 Å². The molecule has 0 aromatic carbocycles. The number of hydrogen-bond acceptors (Lipinski definition) is 2. The van der Waals surface area contributed by atoms with Crippen LogP contribution in [0.5, 0.6) is 0 Å². The molecule has 0 unspecified atom stereocenters. The predicted octanol–water partition coefficient (Wildman–Crippen LogP) is -11.4. The summed E-state index contributed by atoms with van der Waals surface area (Å²) in [6, 6.07) is 0. The van der Waals surface area contributed by atoms with Gasteiger partial charge in [0.15, 0.2) is 6.29 Å². The van der Waals surface area contributed by atoms with Crippen molar-refractivity contribution in [3.05, 3.63) is 0 Å². The van der Waals surface area contributed by atoms with Gasteiger partial charge in [-0.2, -0.15) is 0 Å². The first kappa shape index (κ1) is 38.6. The summed E-state index contributed by atoms with van der Waals surface area (Å²) in [4.78, 5) is 0. The third-order valence-corrected chi connectivity index (χ3v) is 0.664. The molecule has 0 aliphatic carbocycles. The van der Waals surface area contributed by atoms with Gasteiger partial charge in [0.1, 0.15) is 0 Å². The van der Waals surface area contributed by atoms with E-state index in [4.69, 9.17) is 0 Å². The second-order valence-corrected chi connectivity index (χ2v) is 1.04. The molecular weight excluding hydrogens is 270 g/mol. The molecule has 0 aromatic rings. The molecule has 0 N–H and O–H groups in total. The van der Waals surface area contributed by atoms with Gasteiger partial charge >= 0.3 is 21.7 Å². The second-order valence-electron chi connectivity index (χ2n) is 1.04. The fourth-order valence-corrected chi connectivity index (χ4v) is 0.0962. The maximum Gasteiger partial charge on any atom is 4.00 e. The minimum atomic E-state index is -0.0648. The van der Waals surface area contributed by atoms with Crippen LogP contribution < -0.4 is 49.6 Å². The van der Waals surface area contributed by atoms with Gasteiger partial charge in [-0.25, -0.2) is 0 Å². The quantitative estimate of drug-likeness (QED) is 0.369. The van der Waals surface area contributed by atoms with Crippen LogP contribution in [-0.4, -0.2) is 20.5 Å². The summed E-state index contributed by atoms with van der Waals surface area (Å²) in [7, 11) is 3.21. The van der Waals surface area contributed by atoms with Crippen LogP contribution in [0.25, 0.3) is 0 Å². The van der Waals surface area contributed by atoms with Crippen molar-refractivity contribution in [1.82, 2.24) is 0 Å². The second kappa shape index (κ2) is 29.8. The van der Waals surface area contributed by atoms with E-state index in [2.05, 4.69) is 9.47 Å². The van der Waals surface area contributed by atoms with Crippen molar-refractivity contribution >= 4 is 0 Å². The van der Waals surface area contributed by atoms with E-state index in [0.717, 1.165) is 0 Å². The molecule has 0 aromatic heterocycles. The van der Waals surface area contributed by atoms with E-state index in [1.54, 1.807) is 14.2 Å². The molecule has 0 rings (SSSR count). The molecular formula is C4H10Cl4O2Ti. The summed E-state index contributed by atoms with van der Waals surface area (Å²) in [5.41, 5.74) is 0. The molecule has 0 amide bonds. The number of ether oxygens (including phenoxy) is 2. The number of halogens is 4. The minimum Gasteiger partial charge on any atom is -1.00 e. The number of rotatable bonds is 2. The monoisotopic (exact) mass is 278 g/mol. The standard InChI is InChI=1S/C4H10O2.4ClH.Ti/c1-4(5-2)6-3;;;;;/h4H,1-3H3;4*1H;/q;;;;;+4/p-4. The molecule has 0 saturated carbocycles. The molecule has 0 aliphatic rings. The van der Waals surface area contributed by atoms with E-state index in [1.165, 1.54) is 0 Å². The van der Waals surface area contributed by atoms with Gasteiger partial charge in [-0.05, 0) is 6.92 Å². The summed E-state index contributed by atoms with van der Waals surface area (Å²) in [6.45, 7) is 1.83. The van der Waals surface area contributed by atoms with E-state index < -0.39 is 0 Å². The normalized spacial score (nSPS) is 5.45. The van der Waals surface area contributed by atoms with E-state index in [9.17, 15) is 0 Å². The Morgan fingerprint density at radius 2 is 1.00 bits per heavy atom. The largest absolute Gasteiger partial charge is 4.00 e. The average molecular weight is 280 g/mol. The number of methoxy groups -OCH3 is 2. The minimum absolute atomic E-state index is 0. The van der Waals surface area contributed by atoms with E-state index in [0.29, 0.717) is 0 Å². The first-order valence-electron chi connectivity index (χ1n) is 1.87. The zero-order chi connectivity index (χ0) is 4.99. The SMILES string of the molecule is COC(C)OC.[Cl-].[Cl-].[Cl-].[Cl-].[Ti+4]. The molecule has 11 heavy (non-hydrogen) atoms. The van der Waals surface area contributed by atoms with Gasteiger partial charge in [0, 0.05) is 14.2 Å². The molecule has 0 bridgehead atoms. The maximum absolute atomic E-state index is 4.68. The van der Waals surface area contributed by atoms with Crippen molar-refractivity contribution in [1.29, 1.82) is 0 Å². The zero-order valence-corrected chi connectivity index (χ0v) is 11.0. The Hall–Kier alpha value is 1.79. The van der Waals surface area contributed by atoms with E-state index in [1.807, 2.05) is 6.92 Å². The van der Waals surface area contributed by atoms with Crippen molar-refractivity contribution < 1.29 is 80.8 Å². The smallest absolute Gasteiger partial charge is 1.00 e. The zero-order valence-electron chi connectivity index (χ0n) is 6.41. The molecule has 0 heterocycles. The van der Waals surface area contributed by atoms with Crippen molar-refractivity contribution in [2.75, 3.05) is 14.2 Å². The molecule has 0 fully saturated rings. The van der Waals surface area contributed by atoms with Crippen molar-refractivity contribution in [3.8, 4) is 0 Å². The Kier molecular flexibility index (Phi) is 104. The Morgan fingerprint density at radius 3 is 1.00 bits per heavy atom. The Balaban J connectivity index is -0.0000000125. The summed E-state index contributed by atoms with van der Waals surface area (Å²) < 4.78 is 9.35. The van der Waals surface area contributed by atoms with Gasteiger partial charge in [0.25, 0.3) is 0 Å². The third-order valence-electron chi connectivity index (χ3n) is 0.664. The van der Waals surface area contributed by atoms with Crippen LogP contribution in [0.15, 0.2) is 0 Å². The van der Waals surface area contributed by atoms with Crippen LogP contribution in [0, 0.1) is 0 Å². The van der Waals surface area contributed by atoms with Crippen LogP contribution in [0.3, 0.4) is 0 Å². The van der Waals surface area contributed by atoms with Gasteiger partial charge in [-0.3, -0.25) is 0 Å². The van der Waals surface area contributed by atoms with Crippen molar-refractivity contribution in [2.45, 2.75) is 13.2 Å². The van der Waals surface area contributed by atoms with Gasteiger partial charge in [-0.1, -0.05) is 0 Å². The van der Waals surface area contributed by atoms with Gasteiger partial charge in [0.05, 0.1) is 0 Å². The molecule has 0 radical (unpaired) electrons. The van der Waals surface area contributed by atoms with Crippen LogP contribution in [0.1, 0.15) is 6.92 Å². The molecule has 0 atom stereocenters. The predicted molar refractivity (Wildman–Crippen MR) is 23.5 cm³/mol. The van der Waals surface area contributed by atoms with Gasteiger partial charge in [-0.15, -0.1) is 0 Å². The first-order valence-corrected chi connectivity index (χ1v) is 1.87. The van der Waals surface area contributed by atoms with Crippen molar-refractivity contribution in [3.63, 3.8) is 0 Å². The molecule has 0 aliphatic heterocycles. The Bertz CT molecular complexity index is 39.3. The third kappa shape index (κ3) is 33.7. The Labute approximate surface area is 108 Å². The number of hydrogen-bond donors (Lipinski definition) is 0. The summed E-state index contributed by atoms with van der Waals surface area (Å²) >= 11 is 0. The average Bonchev–Trinajstić information content (AvgIpc) is 1.65. The molecule has 2 nitrogen and oxygen atoms in total. The summed E-state index contributed by atoms with van der Waals surface area (Å²) in [6.07, 6.45) is -0.0648. The molecule has 7 heteroatoms.